The number of aryl methyl sites for hydroxylation is 2. The van der Waals surface area contributed by atoms with Crippen molar-refractivity contribution in [3.8, 4) is 0 Å². The average molecular weight is 510 g/mol. The Morgan fingerprint density at radius 3 is 2.42 bits per heavy atom. The van der Waals surface area contributed by atoms with Crippen molar-refractivity contribution in [3.05, 3.63) is 83.2 Å². The summed E-state index contributed by atoms with van der Waals surface area (Å²) in [6, 6.07) is 11.1. The first-order chi connectivity index (χ1) is 17.2. The second-order valence-electron chi connectivity index (χ2n) is 9.01. The lowest BCUT2D eigenvalue weighted by Gasteiger charge is -2.43. The molecule has 2 fully saturated rings. The summed E-state index contributed by atoms with van der Waals surface area (Å²) in [5, 5.41) is 0.147. The quantitative estimate of drug-likeness (QED) is 0.317. The van der Waals surface area contributed by atoms with Crippen LogP contribution in [0.15, 0.2) is 54.9 Å². The maximum Gasteiger partial charge on any atom is 0.407 e. The van der Waals surface area contributed by atoms with Crippen molar-refractivity contribution < 1.29 is 18.0 Å². The lowest BCUT2D eigenvalue weighted by Crippen LogP contribution is -2.55. The Hall–Kier alpha value is -3.71. The Morgan fingerprint density at radius 2 is 1.83 bits per heavy atom. The van der Waals surface area contributed by atoms with E-state index in [1.165, 1.54) is 11.0 Å². The molecule has 1 amide bonds. The van der Waals surface area contributed by atoms with Gasteiger partial charge >= 0.3 is 6.18 Å². The van der Waals surface area contributed by atoms with Crippen LogP contribution in [-0.2, 0) is 23.8 Å². The molecule has 1 spiro atoms. The maximum atomic E-state index is 13.6. The highest BCUT2D eigenvalue weighted by Crippen LogP contribution is 2.48. The molecule has 36 heavy (non-hydrogen) atoms. The van der Waals surface area contributed by atoms with Gasteiger partial charge in [0.1, 0.15) is 11.4 Å². The zero-order valence-corrected chi connectivity index (χ0v) is 20.0. The molecule has 184 valence electrons. The lowest BCUT2D eigenvalue weighted by molar-refractivity contribution is -0.136. The summed E-state index contributed by atoms with van der Waals surface area (Å²) in [5.74, 6) is 0.614. The number of halogens is 3. The predicted octanol–water partition coefficient (Wildman–Crippen LogP) is 6.22. The molecule has 2 aliphatic rings. The molecule has 5 rings (SSSR count). The van der Waals surface area contributed by atoms with Crippen LogP contribution in [0.2, 0.25) is 0 Å². The summed E-state index contributed by atoms with van der Waals surface area (Å²) < 4.78 is 40.7. The van der Waals surface area contributed by atoms with Crippen LogP contribution in [0.5, 0.6) is 0 Å². The lowest BCUT2D eigenvalue weighted by atomic mass is 9.75. The van der Waals surface area contributed by atoms with Crippen molar-refractivity contribution in [1.82, 2.24) is 9.97 Å². The molecule has 2 aromatic carbocycles. The van der Waals surface area contributed by atoms with Crippen LogP contribution in [0.1, 0.15) is 42.6 Å². The minimum atomic E-state index is -4.72. The second kappa shape index (κ2) is 9.06. The zero-order valence-electron chi connectivity index (χ0n) is 19.2. The van der Waals surface area contributed by atoms with E-state index in [4.69, 9.17) is 18.8 Å². The van der Waals surface area contributed by atoms with Gasteiger partial charge in [-0.2, -0.15) is 13.2 Å². The highest BCUT2D eigenvalue weighted by Gasteiger charge is 2.59. The van der Waals surface area contributed by atoms with Gasteiger partial charge in [0.2, 0.25) is 0 Å². The molecule has 0 radical (unpaired) electrons. The van der Waals surface area contributed by atoms with Gasteiger partial charge in [0.15, 0.2) is 10.8 Å². The summed E-state index contributed by atoms with van der Waals surface area (Å²) in [5.41, 5.74) is -0.598. The first-order valence-electron chi connectivity index (χ1n) is 11.6. The molecular formula is C26H22F3N5OS. The van der Waals surface area contributed by atoms with E-state index in [0.717, 1.165) is 54.9 Å². The number of anilines is 2. The van der Waals surface area contributed by atoms with Crippen molar-refractivity contribution in [2.24, 2.45) is 0 Å². The fraction of sp³-hybridized carbons (Fsp3) is 0.308. The van der Waals surface area contributed by atoms with Gasteiger partial charge in [-0.3, -0.25) is 9.69 Å². The van der Waals surface area contributed by atoms with Crippen molar-refractivity contribution in [3.63, 3.8) is 0 Å². The van der Waals surface area contributed by atoms with Crippen LogP contribution in [0, 0.1) is 6.57 Å². The van der Waals surface area contributed by atoms with Gasteiger partial charge in [0, 0.05) is 30.2 Å². The first kappa shape index (κ1) is 24.0. The van der Waals surface area contributed by atoms with Gasteiger partial charge in [0.05, 0.1) is 12.1 Å². The summed E-state index contributed by atoms with van der Waals surface area (Å²) in [6.45, 7) is 7.07. The number of benzene rings is 2. The van der Waals surface area contributed by atoms with Gasteiger partial charge in [-0.1, -0.05) is 18.2 Å². The number of H-pyrrole nitrogens is 1. The fourth-order valence-corrected chi connectivity index (χ4v) is 5.37. The molecule has 0 bridgehead atoms. The number of carbonyl (C=O) groups is 1. The maximum absolute atomic E-state index is 13.6. The normalized spacial score (nSPS) is 16.9. The summed E-state index contributed by atoms with van der Waals surface area (Å²) >= 11 is 5.68. The van der Waals surface area contributed by atoms with Crippen molar-refractivity contribution in [2.45, 2.75) is 50.2 Å². The van der Waals surface area contributed by atoms with Crippen molar-refractivity contribution in [1.29, 1.82) is 0 Å². The summed E-state index contributed by atoms with van der Waals surface area (Å²) in [7, 11) is 0. The highest BCUT2D eigenvalue weighted by atomic mass is 32.1. The molecule has 1 aliphatic heterocycles. The Bertz CT molecular complexity index is 1340. The van der Waals surface area contributed by atoms with Crippen LogP contribution in [0.4, 0.5) is 30.2 Å². The van der Waals surface area contributed by atoms with E-state index in [1.807, 2.05) is 24.3 Å². The largest absolute Gasteiger partial charge is 0.407 e. The second-order valence-corrected chi connectivity index (χ2v) is 9.38. The molecule has 1 aromatic heterocycles. The molecule has 3 aromatic rings. The van der Waals surface area contributed by atoms with E-state index in [9.17, 15) is 18.0 Å². The first-order valence-corrected chi connectivity index (χ1v) is 12.0. The Kier molecular flexibility index (Phi) is 6.04. The Labute approximate surface area is 211 Å². The molecule has 6 nitrogen and oxygen atoms in total. The smallest absolute Gasteiger partial charge is 0.349 e. The molecule has 1 N–H and O–H groups in total. The third kappa shape index (κ3) is 4.03. The molecule has 2 heterocycles. The molecule has 1 aliphatic carbocycles. The third-order valence-electron chi connectivity index (χ3n) is 6.89. The number of nitrogens with one attached hydrogen (secondary N) is 1. The number of carbonyl (C=O) groups excluding carboxylic acids is 1. The number of rotatable bonds is 6. The van der Waals surface area contributed by atoms with E-state index in [1.54, 1.807) is 17.3 Å². The van der Waals surface area contributed by atoms with Gasteiger partial charge in [-0.15, -0.1) is 0 Å². The molecule has 1 saturated carbocycles. The van der Waals surface area contributed by atoms with E-state index in [2.05, 4.69) is 14.8 Å². The van der Waals surface area contributed by atoms with Gasteiger partial charge in [-0.25, -0.2) is 9.83 Å². The number of hydrogen-bond acceptors (Lipinski definition) is 3. The number of alkyl halides is 3. The van der Waals surface area contributed by atoms with E-state index < -0.39 is 23.0 Å². The predicted molar refractivity (Wildman–Crippen MR) is 134 cm³/mol. The fourth-order valence-electron chi connectivity index (χ4n) is 4.90. The van der Waals surface area contributed by atoms with E-state index >= 15 is 0 Å². The summed E-state index contributed by atoms with van der Waals surface area (Å²) in [6.07, 6.45) is 3.39. The molecule has 1 saturated heterocycles. The van der Waals surface area contributed by atoms with Crippen molar-refractivity contribution >= 4 is 40.3 Å². The monoisotopic (exact) mass is 509 g/mol. The number of thiocarbonyl (C=S) groups is 1. The van der Waals surface area contributed by atoms with E-state index in [0.29, 0.717) is 12.8 Å². The van der Waals surface area contributed by atoms with Crippen LogP contribution in [-0.4, -0.2) is 26.5 Å². The molecule has 10 heteroatoms. The highest BCUT2D eigenvalue weighted by molar-refractivity contribution is 7.81. The molecule has 0 atom stereocenters. The third-order valence-corrected chi connectivity index (χ3v) is 7.25. The van der Waals surface area contributed by atoms with Crippen LogP contribution >= 0.6 is 12.2 Å². The van der Waals surface area contributed by atoms with Crippen molar-refractivity contribution in [2.75, 3.05) is 9.80 Å². The topological polar surface area (TPSA) is 56.6 Å². The van der Waals surface area contributed by atoms with Crippen LogP contribution in [0.3, 0.4) is 0 Å². The number of aromatic amines is 1. The number of hydrogen-bond donors (Lipinski definition) is 1. The number of nitrogens with zero attached hydrogens (tertiary/aromatic N) is 4. The zero-order chi connectivity index (χ0) is 25.5. The van der Waals surface area contributed by atoms with E-state index in [-0.39, 0.29) is 16.7 Å². The van der Waals surface area contributed by atoms with Crippen LogP contribution in [0.25, 0.3) is 4.85 Å². The number of aromatic nitrogens is 2. The minimum Gasteiger partial charge on any atom is -0.349 e. The number of amides is 1. The molecule has 0 unspecified atom stereocenters. The summed E-state index contributed by atoms with van der Waals surface area (Å²) in [4.78, 5) is 26.9. The number of imidazole rings is 1. The SMILES string of the molecule is [C-]#[N+]c1ccc(N2C(=O)C3(CCC3)N(c3ccc(CCCc4ncc[nH]4)cc3)C2=S)cc1C(F)(F)F. The standard InChI is InChI=1S/C26H22F3N5OS/c1-30-21-11-10-19(16-20(21)26(27,28)29)33-23(35)25(12-3-13-25)34(24(33)36)18-8-6-17(7-9-18)4-2-5-22-31-14-15-32-22/h6-11,14-16H,2-5,12-13H2,(H,31,32). The van der Waals surface area contributed by atoms with Gasteiger partial charge in [-0.05, 0) is 74.2 Å². The average Bonchev–Trinajstić information content (AvgIpc) is 3.42. The Balaban J connectivity index is 1.41. The van der Waals surface area contributed by atoms with Crippen LogP contribution < -0.4 is 9.80 Å². The Morgan fingerprint density at radius 1 is 1.11 bits per heavy atom. The van der Waals surface area contributed by atoms with Gasteiger partial charge < -0.3 is 9.88 Å². The minimum absolute atomic E-state index is 0.0213. The van der Waals surface area contributed by atoms with Gasteiger partial charge in [0.25, 0.3) is 5.91 Å². The molecular weight excluding hydrogens is 487 g/mol.